The van der Waals surface area contributed by atoms with E-state index in [-0.39, 0.29) is 36.4 Å². The van der Waals surface area contributed by atoms with Crippen LogP contribution in [0.4, 0.5) is 0 Å². The number of epoxide rings is 1. The number of hydrogen-bond donors (Lipinski definition) is 0. The molecule has 5 atom stereocenters. The Hall–Kier alpha value is -1.80. The number of hydrogen-bond acceptors (Lipinski definition) is 6. The highest BCUT2D eigenvalue weighted by Crippen LogP contribution is 2.72. The average Bonchev–Trinajstić information content (AvgIpc) is 3.09. The zero-order chi connectivity index (χ0) is 21.9. The standard InChI is InChI=1S/C26H28O6/c1-23(2)27-18-17-19-21(30-24(3,4)28-19)22(20(18)29-23)31-26(17)25(32-26,15-11-7-5-8-12-15)16-13-9-6-10-14-16/h5-14,17-22H,1-4H3/t17?,18-,19-,20-,21-,22?,26-/m0/s1. The van der Waals surface area contributed by atoms with Gasteiger partial charge in [-0.05, 0) is 38.8 Å². The van der Waals surface area contributed by atoms with Crippen molar-refractivity contribution in [1.82, 2.24) is 0 Å². The summed E-state index contributed by atoms with van der Waals surface area (Å²) in [4.78, 5) is 0. The molecule has 0 unspecified atom stereocenters. The number of ether oxygens (including phenoxy) is 6. The zero-order valence-corrected chi connectivity index (χ0v) is 18.7. The van der Waals surface area contributed by atoms with Gasteiger partial charge in [-0.25, -0.2) is 0 Å². The first-order valence-electron chi connectivity index (χ1n) is 11.5. The van der Waals surface area contributed by atoms with Crippen LogP contribution in [0.1, 0.15) is 38.8 Å². The van der Waals surface area contributed by atoms with E-state index in [2.05, 4.69) is 24.3 Å². The van der Waals surface area contributed by atoms with E-state index in [0.29, 0.717) is 0 Å². The summed E-state index contributed by atoms with van der Waals surface area (Å²) in [6.07, 6.45) is -1.23. The molecule has 32 heavy (non-hydrogen) atoms. The van der Waals surface area contributed by atoms with Gasteiger partial charge in [-0.15, -0.1) is 0 Å². The lowest BCUT2D eigenvalue weighted by Gasteiger charge is -2.52. The first-order valence-corrected chi connectivity index (χ1v) is 11.5. The minimum absolute atomic E-state index is 0.211. The van der Waals surface area contributed by atoms with Crippen molar-refractivity contribution in [1.29, 1.82) is 0 Å². The molecule has 1 aliphatic carbocycles. The number of rotatable bonds is 2. The Kier molecular flexibility index (Phi) is 3.69. The molecule has 0 aromatic heterocycles. The van der Waals surface area contributed by atoms with E-state index in [9.17, 15) is 0 Å². The monoisotopic (exact) mass is 436 g/mol. The fourth-order valence-corrected chi connectivity index (χ4v) is 6.56. The van der Waals surface area contributed by atoms with Gasteiger partial charge in [0.05, 0.1) is 5.92 Å². The molecule has 0 amide bonds. The second-order valence-electron chi connectivity index (χ2n) is 10.4. The quantitative estimate of drug-likeness (QED) is 0.669. The predicted octanol–water partition coefficient (Wildman–Crippen LogP) is 3.73. The maximum absolute atomic E-state index is 6.89. The van der Waals surface area contributed by atoms with Gasteiger partial charge in [-0.3, -0.25) is 0 Å². The summed E-state index contributed by atoms with van der Waals surface area (Å²) in [5, 5.41) is 0. The molecule has 5 saturated heterocycles. The Morgan fingerprint density at radius 2 is 0.938 bits per heavy atom. The predicted molar refractivity (Wildman–Crippen MR) is 113 cm³/mol. The Morgan fingerprint density at radius 3 is 1.41 bits per heavy atom. The third kappa shape index (κ3) is 2.35. The summed E-state index contributed by atoms with van der Waals surface area (Å²) in [6, 6.07) is 20.6. The molecular formula is C26H28O6. The molecule has 2 aromatic carbocycles. The van der Waals surface area contributed by atoms with Crippen molar-refractivity contribution in [3.05, 3.63) is 71.8 Å². The smallest absolute Gasteiger partial charge is 0.216 e. The molecule has 5 aliphatic heterocycles. The van der Waals surface area contributed by atoms with E-state index in [4.69, 9.17) is 28.4 Å². The second-order valence-corrected chi connectivity index (χ2v) is 10.4. The highest BCUT2D eigenvalue weighted by atomic mass is 16.9. The lowest BCUT2D eigenvalue weighted by Crippen LogP contribution is -2.71. The molecule has 2 aromatic rings. The molecule has 6 heteroatoms. The fraction of sp³-hybridized carbons (Fsp3) is 0.538. The highest BCUT2D eigenvalue weighted by Gasteiger charge is 2.87. The Balaban J connectivity index is 1.41. The lowest BCUT2D eigenvalue weighted by molar-refractivity contribution is -0.293. The lowest BCUT2D eigenvalue weighted by atomic mass is 9.67. The molecule has 1 spiro atoms. The largest absolute Gasteiger partial charge is 0.344 e. The Bertz CT molecular complexity index is 981. The first-order chi connectivity index (χ1) is 15.3. The van der Waals surface area contributed by atoms with Crippen molar-refractivity contribution < 1.29 is 28.4 Å². The first kappa shape index (κ1) is 19.6. The molecule has 6 aliphatic rings. The summed E-state index contributed by atoms with van der Waals surface area (Å²) in [5.74, 6) is -2.54. The highest BCUT2D eigenvalue weighted by molar-refractivity contribution is 5.47. The van der Waals surface area contributed by atoms with Crippen LogP contribution < -0.4 is 0 Å². The van der Waals surface area contributed by atoms with Crippen molar-refractivity contribution in [2.75, 3.05) is 0 Å². The Labute approximate surface area is 187 Å². The zero-order valence-electron chi connectivity index (χ0n) is 18.7. The van der Waals surface area contributed by atoms with Gasteiger partial charge in [0.15, 0.2) is 17.2 Å². The molecule has 1 saturated carbocycles. The molecule has 168 valence electrons. The SMILES string of the molecule is CC1(C)O[C@@H]2C3O[C@]4(OC4(c4ccccc4)c4ccccc4)C([C@@H]2O1)[C@@H]1OC(C)(C)O[C@H]31. The van der Waals surface area contributed by atoms with Crippen molar-refractivity contribution >= 4 is 0 Å². The molecular weight excluding hydrogens is 408 g/mol. The minimum Gasteiger partial charge on any atom is -0.344 e. The maximum Gasteiger partial charge on any atom is 0.216 e. The molecule has 0 N–H and O–H groups in total. The third-order valence-corrected chi connectivity index (χ3v) is 7.55. The van der Waals surface area contributed by atoms with Gasteiger partial charge in [-0.1, -0.05) is 60.7 Å². The number of benzene rings is 2. The molecule has 0 radical (unpaired) electrons. The molecule has 6 fully saturated rings. The van der Waals surface area contributed by atoms with Crippen molar-refractivity contribution in [3.8, 4) is 0 Å². The van der Waals surface area contributed by atoms with Gasteiger partial charge in [0.1, 0.15) is 30.5 Å². The van der Waals surface area contributed by atoms with Gasteiger partial charge < -0.3 is 28.4 Å². The van der Waals surface area contributed by atoms with Crippen LogP contribution in [-0.2, 0) is 34.0 Å². The van der Waals surface area contributed by atoms with E-state index >= 15 is 0 Å². The third-order valence-electron chi connectivity index (χ3n) is 7.55. The summed E-state index contributed by atoms with van der Waals surface area (Å²) in [7, 11) is 0. The van der Waals surface area contributed by atoms with Crippen LogP contribution in [-0.4, -0.2) is 47.9 Å². The van der Waals surface area contributed by atoms with E-state index in [1.54, 1.807) is 0 Å². The molecule has 6 nitrogen and oxygen atoms in total. The molecule has 8 rings (SSSR count). The maximum atomic E-state index is 6.89. The van der Waals surface area contributed by atoms with E-state index in [1.165, 1.54) is 0 Å². The van der Waals surface area contributed by atoms with Gasteiger partial charge in [0.2, 0.25) is 5.79 Å². The summed E-state index contributed by atoms with van der Waals surface area (Å²) in [6.45, 7) is 7.81. The molecule has 5 heterocycles. The summed E-state index contributed by atoms with van der Waals surface area (Å²) in [5.41, 5.74) is 1.37. The van der Waals surface area contributed by atoms with E-state index in [0.717, 1.165) is 11.1 Å². The fourth-order valence-electron chi connectivity index (χ4n) is 6.56. The van der Waals surface area contributed by atoms with Crippen LogP contribution in [0.2, 0.25) is 0 Å². The normalized spacial score (nSPS) is 43.8. The average molecular weight is 437 g/mol. The van der Waals surface area contributed by atoms with Crippen LogP contribution in [0.25, 0.3) is 0 Å². The Morgan fingerprint density at radius 1 is 0.531 bits per heavy atom. The van der Waals surface area contributed by atoms with Gasteiger partial charge >= 0.3 is 0 Å². The minimum atomic E-state index is -0.920. The van der Waals surface area contributed by atoms with Crippen LogP contribution in [0.3, 0.4) is 0 Å². The van der Waals surface area contributed by atoms with Gasteiger partial charge in [0, 0.05) is 0 Å². The summed E-state index contributed by atoms with van der Waals surface area (Å²) < 4.78 is 39.3. The van der Waals surface area contributed by atoms with E-state index < -0.39 is 23.0 Å². The topological polar surface area (TPSA) is 58.7 Å². The van der Waals surface area contributed by atoms with Crippen LogP contribution in [0.15, 0.2) is 60.7 Å². The van der Waals surface area contributed by atoms with Crippen LogP contribution in [0.5, 0.6) is 0 Å². The second kappa shape index (κ2) is 6.00. The van der Waals surface area contributed by atoms with Crippen molar-refractivity contribution in [2.45, 2.75) is 81.2 Å². The van der Waals surface area contributed by atoms with Crippen molar-refractivity contribution in [3.63, 3.8) is 0 Å². The van der Waals surface area contributed by atoms with Gasteiger partial charge in [0.25, 0.3) is 0 Å². The van der Waals surface area contributed by atoms with Crippen LogP contribution >= 0.6 is 0 Å². The van der Waals surface area contributed by atoms with Gasteiger partial charge in [-0.2, -0.15) is 0 Å². The van der Waals surface area contributed by atoms with E-state index in [1.807, 2.05) is 64.1 Å². The van der Waals surface area contributed by atoms with Crippen LogP contribution in [0, 0.1) is 5.92 Å². The summed E-state index contributed by atoms with van der Waals surface area (Å²) >= 11 is 0. The molecule has 2 bridgehead atoms. The van der Waals surface area contributed by atoms with Crippen molar-refractivity contribution in [2.24, 2.45) is 5.92 Å².